The van der Waals surface area contributed by atoms with Gasteiger partial charge in [-0.25, -0.2) is 23.0 Å². The van der Waals surface area contributed by atoms with E-state index < -0.39 is 90.7 Å². The van der Waals surface area contributed by atoms with E-state index in [1.165, 1.54) is 48.5 Å². The van der Waals surface area contributed by atoms with Crippen LogP contribution in [0.15, 0.2) is 107 Å². The van der Waals surface area contributed by atoms with Gasteiger partial charge in [0.15, 0.2) is 26.0 Å². The van der Waals surface area contributed by atoms with Crippen LogP contribution in [0, 0.1) is 0 Å². The second kappa shape index (κ2) is 18.1. The lowest BCUT2D eigenvalue weighted by atomic mass is 10.1. The summed E-state index contributed by atoms with van der Waals surface area (Å²) in [5.74, 6) is -1.94. The summed E-state index contributed by atoms with van der Waals surface area (Å²) in [6.07, 6.45) is -6.42. The topological polar surface area (TPSA) is 323 Å². The van der Waals surface area contributed by atoms with Crippen molar-refractivity contribution >= 4 is 48.3 Å². The van der Waals surface area contributed by atoms with Gasteiger partial charge >= 0.3 is 17.6 Å². The van der Waals surface area contributed by atoms with E-state index in [1.54, 1.807) is 19.1 Å². The fourth-order valence-electron chi connectivity index (χ4n) is 5.03. The predicted molar refractivity (Wildman–Crippen MR) is 183 cm³/mol. The number of ether oxygens (including phenoxy) is 4. The largest absolute Gasteiger partial charge is 0.775 e. The third-order valence-electron chi connectivity index (χ3n) is 7.38. The maximum atomic E-state index is 13.2. The van der Waals surface area contributed by atoms with Gasteiger partial charge in [0.25, 0.3) is 29.0 Å². The summed E-state index contributed by atoms with van der Waals surface area (Å²) in [5.41, 5.74) is -2.07. The van der Waals surface area contributed by atoms with E-state index in [0.29, 0.717) is 4.57 Å². The quantitative estimate of drug-likeness (QED) is 0.112. The number of benzene rings is 3. The minimum absolute atomic E-state index is 0.0333. The van der Waals surface area contributed by atoms with E-state index in [1.807, 2.05) is 4.98 Å². The Labute approximate surface area is 320 Å². The maximum Gasteiger partial charge on any atom is 0.338 e. The van der Waals surface area contributed by atoms with E-state index in [4.69, 9.17) is 18.9 Å². The maximum absolute atomic E-state index is 13.2. The second-order valence-corrected chi connectivity index (χ2v) is 17.8. The Morgan fingerprint density at radius 3 is 1.79 bits per heavy atom. The fraction of sp³-hybridized carbons (Fsp3) is 0.226. The second-order valence-electron chi connectivity index (χ2n) is 11.4. The molecule has 57 heavy (non-hydrogen) atoms. The average Bonchev–Trinajstić information content (AvgIpc) is 3.46. The summed E-state index contributed by atoms with van der Waals surface area (Å²) in [7, 11) is -25.0. The Morgan fingerprint density at radius 1 is 0.719 bits per heavy atom. The van der Waals surface area contributed by atoms with E-state index in [-0.39, 0.29) is 23.5 Å². The molecule has 306 valence electrons. The molecule has 8 atom stereocenters. The number of H-pyrrole nitrogens is 1. The minimum Gasteiger partial charge on any atom is -0.775 e. The number of phosphoric acid groups is 3. The molecular weight excluding hydrogens is 844 g/mol. The molecule has 0 radical (unpaired) electrons. The van der Waals surface area contributed by atoms with E-state index in [9.17, 15) is 57.0 Å². The number of aromatic nitrogens is 2. The Hall–Kier alpha value is -4.36. The number of phosphoric ester groups is 1. The SMILES string of the molecule is CCOc1ccc(P(=O)([O-])OP(=O)([O-])OP(=O)([O-])OP(=O)([O-])OC[C@H]2O[C@@H](n3ccc(=O)[nH]c3=O)C(OC(=O)c3ccccc3)[C@H]2OC(=O)c2ccccc2)cc1. The van der Waals surface area contributed by atoms with Crippen molar-refractivity contribution in [3.63, 3.8) is 0 Å². The zero-order valence-electron chi connectivity index (χ0n) is 28.9. The molecule has 1 aliphatic rings. The summed E-state index contributed by atoms with van der Waals surface area (Å²) in [5, 5.41) is -0.764. The van der Waals surface area contributed by atoms with Gasteiger partial charge in [-0.3, -0.25) is 32.4 Å². The van der Waals surface area contributed by atoms with Crippen LogP contribution in [-0.4, -0.2) is 53.0 Å². The molecular formula is C31H28N2O20P4-4. The summed E-state index contributed by atoms with van der Waals surface area (Å²) in [6, 6.07) is 19.3. The Kier molecular flexibility index (Phi) is 13.9. The summed E-state index contributed by atoms with van der Waals surface area (Å²) >= 11 is 0. The van der Waals surface area contributed by atoms with Crippen molar-refractivity contribution in [3.05, 3.63) is 129 Å². The van der Waals surface area contributed by atoms with Gasteiger partial charge in [0, 0.05) is 17.6 Å². The monoisotopic (exact) mass is 872 g/mol. The van der Waals surface area contributed by atoms with E-state index in [0.717, 1.165) is 36.5 Å². The first-order valence-electron chi connectivity index (χ1n) is 16.0. The number of nitrogens with one attached hydrogen (secondary N) is 1. The van der Waals surface area contributed by atoms with Gasteiger partial charge in [-0.1, -0.05) is 36.4 Å². The molecule has 1 fully saturated rings. The van der Waals surface area contributed by atoms with Crippen LogP contribution in [0.5, 0.6) is 5.75 Å². The smallest absolute Gasteiger partial charge is 0.338 e. The van der Waals surface area contributed by atoms with Crippen molar-refractivity contribution in [2.45, 2.75) is 31.5 Å². The third kappa shape index (κ3) is 11.8. The number of hydrogen-bond acceptors (Lipinski definition) is 20. The lowest BCUT2D eigenvalue weighted by Gasteiger charge is -2.37. The zero-order chi connectivity index (χ0) is 41.6. The highest BCUT2D eigenvalue weighted by Crippen LogP contribution is 2.66. The standard InChI is InChI=1S/C31H32N2O20P4/c1-2-46-22-13-15-23(16-14-22)54(38,39)51-56(42,43)53-57(44,45)52-55(40,41)47-19-24-26(49-29(35)20-9-5-3-6-10-20)27(50-30(36)21-11-7-4-8-12-21)28(48-24)33-18-17-25(34)32-31(33)37/h3-18,24,26-28H,2,19H2,1H3,(H,38,39)(H,40,41)(H,42,43)(H,44,45)(H,32,34,37)/p-4/t24-,26+,27?,28-/m1/s1. The molecule has 5 rings (SSSR count). The molecule has 1 N–H and O–H groups in total. The van der Waals surface area contributed by atoms with Crippen molar-refractivity contribution < 1.29 is 83.8 Å². The number of aromatic amines is 1. The molecule has 0 aliphatic carbocycles. The third-order valence-corrected chi connectivity index (χ3v) is 13.6. The van der Waals surface area contributed by atoms with Crippen molar-refractivity contribution in [3.8, 4) is 5.75 Å². The van der Waals surface area contributed by atoms with Gasteiger partial charge in [-0.15, -0.1) is 0 Å². The van der Waals surface area contributed by atoms with Crippen LogP contribution < -0.4 is 40.9 Å². The number of hydrogen-bond donors (Lipinski definition) is 1. The predicted octanol–water partition coefficient (Wildman–Crippen LogP) is 0.634. The van der Waals surface area contributed by atoms with Gasteiger partial charge in [-0.2, -0.15) is 0 Å². The molecule has 26 heteroatoms. The van der Waals surface area contributed by atoms with Crippen molar-refractivity contribution in [1.29, 1.82) is 0 Å². The van der Waals surface area contributed by atoms with Gasteiger partial charge in [0.2, 0.25) is 0 Å². The average molecular weight is 872 g/mol. The highest BCUT2D eigenvalue weighted by Gasteiger charge is 2.51. The molecule has 22 nitrogen and oxygen atoms in total. The fourth-order valence-corrected chi connectivity index (χ4v) is 10.2. The van der Waals surface area contributed by atoms with Crippen molar-refractivity contribution in [2.75, 3.05) is 13.2 Å². The summed E-state index contributed by atoms with van der Waals surface area (Å²) in [4.78, 5) is 103. The lowest BCUT2D eigenvalue weighted by Crippen LogP contribution is -2.43. The lowest BCUT2D eigenvalue weighted by molar-refractivity contribution is -0.251. The zero-order valence-corrected chi connectivity index (χ0v) is 32.4. The van der Waals surface area contributed by atoms with Crippen LogP contribution in [-0.2, 0) is 49.9 Å². The van der Waals surface area contributed by atoms with Crippen LogP contribution in [0.1, 0.15) is 33.9 Å². The molecule has 5 unspecified atom stereocenters. The highest BCUT2D eigenvalue weighted by molar-refractivity contribution is 7.71. The van der Waals surface area contributed by atoms with Gasteiger partial charge < -0.3 is 47.6 Å². The van der Waals surface area contributed by atoms with Crippen LogP contribution in [0.25, 0.3) is 0 Å². The number of carbonyl (C=O) groups is 2. The first kappa shape index (κ1) is 43.8. The van der Waals surface area contributed by atoms with Gasteiger partial charge in [-0.05, 0) is 55.5 Å². The Bertz CT molecular complexity index is 2370. The molecule has 2 heterocycles. The molecule has 3 aromatic carbocycles. The van der Waals surface area contributed by atoms with Crippen LogP contribution in [0.3, 0.4) is 0 Å². The summed E-state index contributed by atoms with van der Waals surface area (Å²) in [6.45, 7) is 0.496. The van der Waals surface area contributed by atoms with Crippen LogP contribution in [0.4, 0.5) is 0 Å². The Morgan fingerprint density at radius 2 is 1.25 bits per heavy atom. The molecule has 0 bridgehead atoms. The Balaban J connectivity index is 1.37. The molecule has 0 amide bonds. The minimum atomic E-state index is -6.61. The first-order chi connectivity index (χ1) is 26.8. The van der Waals surface area contributed by atoms with Crippen molar-refractivity contribution in [2.24, 2.45) is 0 Å². The summed E-state index contributed by atoms with van der Waals surface area (Å²) < 4.78 is 88.8. The molecule has 1 aliphatic heterocycles. The van der Waals surface area contributed by atoms with Crippen LogP contribution in [0.2, 0.25) is 0 Å². The van der Waals surface area contributed by atoms with E-state index >= 15 is 0 Å². The molecule has 0 saturated carbocycles. The molecule has 0 spiro atoms. The highest BCUT2D eigenvalue weighted by atomic mass is 31.3. The van der Waals surface area contributed by atoms with Crippen molar-refractivity contribution in [1.82, 2.24) is 9.55 Å². The van der Waals surface area contributed by atoms with Crippen LogP contribution >= 0.6 is 31.1 Å². The first-order valence-corrected chi connectivity index (χ1v) is 22.0. The number of rotatable bonds is 17. The van der Waals surface area contributed by atoms with Gasteiger partial charge in [0.1, 0.15) is 11.9 Å². The molecule has 1 aromatic heterocycles. The normalized spacial score (nSPS) is 22.2. The van der Waals surface area contributed by atoms with E-state index in [2.05, 4.69) is 17.5 Å². The number of carbonyl (C=O) groups excluding carboxylic acids is 2. The molecule has 4 aromatic rings. The number of esters is 2. The molecule has 1 saturated heterocycles. The van der Waals surface area contributed by atoms with Gasteiger partial charge in [0.05, 0.1) is 24.3 Å². The number of nitrogens with zero attached hydrogens (tertiary/aromatic N) is 1.